The predicted octanol–water partition coefficient (Wildman–Crippen LogP) is 19.5. The van der Waals surface area contributed by atoms with Crippen molar-refractivity contribution in [3.05, 3.63) is 319 Å². The molecule has 24 nitrogen and oxygen atoms in total. The normalized spacial score (nSPS) is 20.5. The molecule has 7 aliphatic rings. The Labute approximate surface area is 801 Å². The maximum Gasteiger partial charge on any atom is 0.191 e. The summed E-state index contributed by atoms with van der Waals surface area (Å²) in [5.74, 6) is -3.12. The summed E-state index contributed by atoms with van der Waals surface area (Å²) in [4.78, 5) is 145. The zero-order valence-corrected chi connectivity index (χ0v) is 79.2. The topological polar surface area (TPSA) is 312 Å². The highest BCUT2D eigenvalue weighted by Crippen LogP contribution is 2.43. The second kappa shape index (κ2) is 42.5. The number of hydrogen-bond donors (Lipinski definition) is 0. The van der Waals surface area contributed by atoms with Crippen molar-refractivity contribution in [1.82, 2.24) is 59.1 Å². The van der Waals surface area contributed by atoms with E-state index in [0.29, 0.717) is 64.2 Å². The number of ketones is 10. The van der Waals surface area contributed by atoms with E-state index in [2.05, 4.69) is 54.4 Å². The van der Waals surface area contributed by atoms with Gasteiger partial charge in [0.05, 0.1) is 58.4 Å². The zero-order chi connectivity index (χ0) is 97.4. The molecule has 138 heavy (non-hydrogen) atoms. The van der Waals surface area contributed by atoms with Crippen LogP contribution in [0.1, 0.15) is 173 Å². The summed E-state index contributed by atoms with van der Waals surface area (Å²) in [6.07, 6.45) is 14.1. The largest absolute Gasteiger partial charge is 0.381 e. The molecular weight excluding hydrogens is 1770 g/mol. The van der Waals surface area contributed by atoms with Crippen LogP contribution in [-0.2, 0) is 63.8 Å². The molecule has 20 rings (SSSR count). The summed E-state index contributed by atoms with van der Waals surface area (Å²) in [7, 11) is 0. The van der Waals surface area contributed by atoms with Crippen LogP contribution in [0, 0.1) is 110 Å². The fourth-order valence-corrected chi connectivity index (χ4v) is 19.4. The van der Waals surface area contributed by atoms with Gasteiger partial charge in [-0.15, -0.1) is 11.3 Å². The molecule has 13 aromatic rings. The van der Waals surface area contributed by atoms with Gasteiger partial charge in [0.2, 0.25) is 0 Å². The van der Waals surface area contributed by atoms with Gasteiger partial charge in [0, 0.05) is 148 Å². The Bertz CT molecular complexity index is 6720. The molecule has 704 valence electrons. The number of nitrogens with zero attached hydrogens (tertiary/aromatic N) is 12. The zero-order valence-electron chi connectivity index (χ0n) is 78.4. The third-order valence-electron chi connectivity index (χ3n) is 26.1. The molecule has 10 heterocycles. The first-order valence-corrected chi connectivity index (χ1v) is 47.2. The van der Waals surface area contributed by atoms with E-state index in [1.807, 2.05) is 202 Å². The van der Waals surface area contributed by atoms with Crippen LogP contribution in [0.2, 0.25) is 0 Å². The fourth-order valence-electron chi connectivity index (χ4n) is 18.4. The first kappa shape index (κ1) is 96.8. The molecule has 8 aromatic heterocycles. The summed E-state index contributed by atoms with van der Waals surface area (Å²) < 4.78 is 56.0. The van der Waals surface area contributed by atoms with Crippen LogP contribution in [0.15, 0.2) is 223 Å². The van der Waals surface area contributed by atoms with Crippen molar-refractivity contribution >= 4 is 81.3 Å². The van der Waals surface area contributed by atoms with Gasteiger partial charge in [-0.2, -0.15) is 20.4 Å². The van der Waals surface area contributed by atoms with Crippen LogP contribution >= 0.6 is 11.3 Å². The van der Waals surface area contributed by atoms with Gasteiger partial charge in [-0.1, -0.05) is 155 Å². The first-order valence-electron chi connectivity index (χ1n) is 46.3. The molecule has 7 atom stereocenters. The van der Waals surface area contributed by atoms with Crippen molar-refractivity contribution in [2.24, 2.45) is 23.7 Å². The van der Waals surface area contributed by atoms with Gasteiger partial charge in [0.15, 0.2) is 76.2 Å². The Balaban J connectivity index is 0.000000125. The number of benzene rings is 5. The number of thiazole rings is 1. The van der Waals surface area contributed by atoms with Crippen molar-refractivity contribution in [2.45, 2.75) is 170 Å². The van der Waals surface area contributed by atoms with Crippen LogP contribution < -0.4 is 0 Å². The van der Waals surface area contributed by atoms with Crippen LogP contribution in [0.4, 0.5) is 13.2 Å². The van der Waals surface area contributed by atoms with Gasteiger partial charge in [-0.25, -0.2) is 18.2 Å². The number of allylic oxidation sites excluding steroid dienone is 4. The van der Waals surface area contributed by atoms with E-state index in [1.165, 1.54) is 55.5 Å². The highest BCUT2D eigenvalue weighted by molar-refractivity contribution is 7.15. The molecule has 2 saturated heterocycles. The lowest BCUT2D eigenvalue weighted by molar-refractivity contribution is -0.128. The molecule has 7 fully saturated rings. The van der Waals surface area contributed by atoms with E-state index in [1.54, 1.807) is 34.2 Å². The lowest BCUT2D eigenvalue weighted by Gasteiger charge is -2.23. The van der Waals surface area contributed by atoms with Gasteiger partial charge < -0.3 is 9.47 Å². The summed E-state index contributed by atoms with van der Waals surface area (Å²) in [6.45, 7) is 22.5. The number of halogens is 3. The number of aromatic nitrogens is 12. The van der Waals surface area contributed by atoms with E-state index < -0.39 is 53.5 Å². The standard InChI is InChI=1S/C22H20FN3O2.2C22H18FN3O2.C22H24N2O3.C22H25NO3S/c3*1-13-3-5-15(6-4-13)19-9-14(2)26(25-19)21-20(27)11-16(22(21)28)10-18-8-7-17(23)12-24-18;1-14-3-5-17(6-4-14)19-11-15(2)24(23-19)21-20(25)13-18(22(21)26)12-16-7-9-27-10-8-16;1-13-3-5-16(6-4-13)22-23-20(14(2)27-22)19-18(24)12-17(21(19)25)11-15-7-9-26-10-8-15/h3-9,12,16,21H,10-11H2,1-2H3;2*3-10,12,21H,11H2,1-2H3;3-6,11-12,16,21H,7-10,13H2,1-2H3;3-6,15,17,19H,7-12H2,1-2H3/b;16-10+;16-10-;18-12+;. The number of carbonyl (C=O) groups is 10. The van der Waals surface area contributed by atoms with Crippen LogP contribution in [0.3, 0.4) is 0 Å². The molecule has 28 heteroatoms. The average Bonchev–Trinajstić information content (AvgIpc) is 1.65. The lowest BCUT2D eigenvalue weighted by atomic mass is 9.86. The average molecular weight is 1880 g/mol. The van der Waals surface area contributed by atoms with Crippen LogP contribution in [0.5, 0.6) is 0 Å². The van der Waals surface area contributed by atoms with E-state index in [4.69, 9.17) is 14.5 Å². The first-order chi connectivity index (χ1) is 66.3. The van der Waals surface area contributed by atoms with Gasteiger partial charge >= 0.3 is 0 Å². The monoisotopic (exact) mass is 1870 g/mol. The summed E-state index contributed by atoms with van der Waals surface area (Å²) in [5, 5.41) is 19.1. The molecule has 0 N–H and O–H groups in total. The fraction of sp³-hybridized carbons (Fsp3) is 0.309. The highest BCUT2D eigenvalue weighted by atomic mass is 32.1. The Morgan fingerprint density at radius 2 is 0.732 bits per heavy atom. The quantitative estimate of drug-likeness (QED) is 0.0604. The Morgan fingerprint density at radius 3 is 1.12 bits per heavy atom. The van der Waals surface area contributed by atoms with E-state index in [0.717, 1.165) is 177 Å². The maximum atomic E-state index is 13.0. The molecule has 0 spiro atoms. The highest BCUT2D eigenvalue weighted by Gasteiger charge is 2.48. The molecule has 2 aliphatic heterocycles. The molecule has 0 bridgehead atoms. The smallest absolute Gasteiger partial charge is 0.191 e. The number of pyridine rings is 3. The summed E-state index contributed by atoms with van der Waals surface area (Å²) >= 11 is 1.57. The molecule has 5 aromatic carbocycles. The SMILES string of the molecule is Cc1ccc(-c2cc(C)n(C3C(=O)C/C(=C/c4ccc(F)cn4)C3=O)n2)cc1.Cc1ccc(-c2cc(C)n(C3C(=O)C/C(=C\C4CCOCC4)C3=O)n2)cc1.Cc1ccc(-c2cc(C)n(C3C(=O)C/C(=C\c4ccc(F)cn4)C3=O)n2)cc1.Cc1ccc(-c2cc(C)n(C3C(=O)CC(Cc4ccc(F)cn4)C3=O)n2)cc1.Cc1ccc(-c2nc(C3C(=O)CC(CC4CCOCC4)C3=O)c(C)s2)cc1. The Kier molecular flexibility index (Phi) is 29.8. The van der Waals surface area contributed by atoms with Crippen molar-refractivity contribution in [1.29, 1.82) is 0 Å². The van der Waals surface area contributed by atoms with Crippen molar-refractivity contribution in [2.75, 3.05) is 26.4 Å². The maximum absolute atomic E-state index is 13.0. The van der Waals surface area contributed by atoms with Crippen molar-refractivity contribution < 1.29 is 70.6 Å². The Morgan fingerprint density at radius 1 is 0.377 bits per heavy atom. The molecule has 7 unspecified atom stereocenters. The number of rotatable bonds is 17. The molecule has 0 radical (unpaired) electrons. The third-order valence-corrected chi connectivity index (χ3v) is 27.1. The minimum atomic E-state index is -0.967. The summed E-state index contributed by atoms with van der Waals surface area (Å²) in [5.41, 5.74) is 20.2. The number of carbonyl (C=O) groups excluding carboxylic acids is 10. The van der Waals surface area contributed by atoms with Crippen LogP contribution in [-0.4, -0.2) is 143 Å². The number of ether oxygens (including phenoxy) is 2. The second-order valence-electron chi connectivity index (χ2n) is 36.6. The van der Waals surface area contributed by atoms with Gasteiger partial charge in [-0.05, 0) is 192 Å². The van der Waals surface area contributed by atoms with Crippen molar-refractivity contribution in [3.8, 4) is 55.6 Å². The minimum absolute atomic E-state index is 0.0156. The predicted molar refractivity (Wildman–Crippen MR) is 517 cm³/mol. The molecular formula is C110H105F3N12O12S. The van der Waals surface area contributed by atoms with E-state index in [9.17, 15) is 61.1 Å². The third kappa shape index (κ3) is 22.3. The molecule has 5 saturated carbocycles. The van der Waals surface area contributed by atoms with Crippen molar-refractivity contribution in [3.63, 3.8) is 0 Å². The van der Waals surface area contributed by atoms with Crippen LogP contribution in [0.25, 0.3) is 67.8 Å². The molecule has 5 aliphatic carbocycles. The van der Waals surface area contributed by atoms with Gasteiger partial charge in [-0.3, -0.25) is 81.6 Å². The lowest BCUT2D eigenvalue weighted by Crippen LogP contribution is -2.24. The molecule has 0 amide bonds. The number of Topliss-reactive ketones (excluding diaryl/α,β-unsaturated/α-hetero) is 10. The number of hydrogen-bond acceptors (Lipinski definition) is 21. The second-order valence-corrected chi connectivity index (χ2v) is 37.8. The number of aryl methyl sites for hydroxylation is 10. The Hall–Kier alpha value is -14.4. The minimum Gasteiger partial charge on any atom is -0.381 e. The van der Waals surface area contributed by atoms with Gasteiger partial charge in [0.1, 0.15) is 34.2 Å². The van der Waals surface area contributed by atoms with E-state index >= 15 is 0 Å². The van der Waals surface area contributed by atoms with E-state index in [-0.39, 0.29) is 89.4 Å². The van der Waals surface area contributed by atoms with Gasteiger partial charge in [0.25, 0.3) is 0 Å². The summed E-state index contributed by atoms with van der Waals surface area (Å²) in [6, 6.07) is 52.3.